The van der Waals surface area contributed by atoms with E-state index in [1.165, 1.54) is 5.56 Å². The molecule has 1 aromatic carbocycles. The van der Waals surface area contributed by atoms with Gasteiger partial charge in [-0.1, -0.05) is 69.9 Å². The van der Waals surface area contributed by atoms with Crippen molar-refractivity contribution in [1.29, 1.82) is 0 Å². The maximum Gasteiger partial charge on any atom is 0.108 e. The van der Waals surface area contributed by atoms with Gasteiger partial charge in [-0.3, -0.25) is 4.90 Å². The maximum absolute atomic E-state index is 5.60. The summed E-state index contributed by atoms with van der Waals surface area (Å²) >= 11 is 0. The van der Waals surface area contributed by atoms with Gasteiger partial charge in [0.05, 0.1) is 12.6 Å². The van der Waals surface area contributed by atoms with E-state index in [2.05, 4.69) is 56.6 Å². The SMILES string of the molecule is CCN(CC)C(C#CCOCc1ccccc1)C(C)C. The Bertz CT molecular complexity index is 412. The molecule has 110 valence electrons. The molecule has 0 aliphatic carbocycles. The van der Waals surface area contributed by atoms with E-state index in [0.717, 1.165) is 13.1 Å². The van der Waals surface area contributed by atoms with Crippen LogP contribution in [0.2, 0.25) is 0 Å². The van der Waals surface area contributed by atoms with Gasteiger partial charge in [-0.25, -0.2) is 0 Å². The van der Waals surface area contributed by atoms with Gasteiger partial charge in [0, 0.05) is 0 Å². The van der Waals surface area contributed by atoms with E-state index in [1.54, 1.807) is 0 Å². The lowest BCUT2D eigenvalue weighted by Gasteiger charge is -2.28. The summed E-state index contributed by atoms with van der Waals surface area (Å²) in [6.07, 6.45) is 0. The van der Waals surface area contributed by atoms with E-state index in [4.69, 9.17) is 4.74 Å². The van der Waals surface area contributed by atoms with Gasteiger partial charge in [0.25, 0.3) is 0 Å². The number of rotatable bonds is 7. The van der Waals surface area contributed by atoms with Gasteiger partial charge >= 0.3 is 0 Å². The molecule has 0 N–H and O–H groups in total. The number of benzene rings is 1. The number of ether oxygens (including phenoxy) is 1. The molecule has 0 saturated carbocycles. The Morgan fingerprint density at radius 1 is 1.10 bits per heavy atom. The second-order valence-corrected chi connectivity index (χ2v) is 5.21. The van der Waals surface area contributed by atoms with E-state index in [9.17, 15) is 0 Å². The van der Waals surface area contributed by atoms with Gasteiger partial charge in [-0.2, -0.15) is 0 Å². The Hall–Kier alpha value is -1.30. The largest absolute Gasteiger partial charge is 0.364 e. The first-order valence-corrected chi connectivity index (χ1v) is 7.53. The van der Waals surface area contributed by atoms with Gasteiger partial charge in [0.1, 0.15) is 6.61 Å². The fourth-order valence-corrected chi connectivity index (χ4v) is 2.24. The molecule has 0 spiro atoms. The van der Waals surface area contributed by atoms with Gasteiger partial charge in [-0.05, 0) is 24.6 Å². The minimum Gasteiger partial charge on any atom is -0.364 e. The third kappa shape index (κ3) is 5.77. The number of hydrogen-bond donors (Lipinski definition) is 0. The van der Waals surface area contributed by atoms with E-state index in [0.29, 0.717) is 25.2 Å². The monoisotopic (exact) mass is 273 g/mol. The summed E-state index contributed by atoms with van der Waals surface area (Å²) in [7, 11) is 0. The van der Waals surface area contributed by atoms with Crippen LogP contribution in [0.4, 0.5) is 0 Å². The molecule has 0 saturated heterocycles. The molecule has 0 fully saturated rings. The summed E-state index contributed by atoms with van der Waals surface area (Å²) in [6.45, 7) is 12.0. The third-order valence-electron chi connectivity index (χ3n) is 3.37. The van der Waals surface area contributed by atoms with E-state index in [-0.39, 0.29) is 0 Å². The van der Waals surface area contributed by atoms with E-state index in [1.807, 2.05) is 18.2 Å². The van der Waals surface area contributed by atoms with Crippen molar-refractivity contribution >= 4 is 0 Å². The third-order valence-corrected chi connectivity index (χ3v) is 3.37. The average molecular weight is 273 g/mol. The molecule has 1 unspecified atom stereocenters. The highest BCUT2D eigenvalue weighted by molar-refractivity contribution is 5.14. The zero-order valence-electron chi connectivity index (χ0n) is 13.2. The lowest BCUT2D eigenvalue weighted by molar-refractivity contribution is 0.153. The first-order valence-electron chi connectivity index (χ1n) is 7.53. The van der Waals surface area contributed by atoms with E-state index < -0.39 is 0 Å². The Balaban J connectivity index is 2.42. The van der Waals surface area contributed by atoms with Crippen molar-refractivity contribution in [2.75, 3.05) is 19.7 Å². The Labute approximate surface area is 124 Å². The average Bonchev–Trinajstić information content (AvgIpc) is 2.47. The molecular weight excluding hydrogens is 246 g/mol. The van der Waals surface area contributed by atoms with Crippen molar-refractivity contribution in [2.24, 2.45) is 5.92 Å². The standard InChI is InChI=1S/C18H27NO/c1-5-19(6-2)18(16(3)4)13-10-14-20-15-17-11-8-7-9-12-17/h7-9,11-12,16,18H,5-6,14-15H2,1-4H3. The molecule has 1 aromatic rings. The van der Waals surface area contributed by atoms with Crippen molar-refractivity contribution in [3.63, 3.8) is 0 Å². The predicted octanol–water partition coefficient (Wildman–Crippen LogP) is 3.57. The molecule has 0 amide bonds. The lowest BCUT2D eigenvalue weighted by Crippen LogP contribution is -2.37. The van der Waals surface area contributed by atoms with Gasteiger partial charge in [0.2, 0.25) is 0 Å². The topological polar surface area (TPSA) is 12.5 Å². The summed E-state index contributed by atoms with van der Waals surface area (Å²) in [4.78, 5) is 2.40. The molecule has 2 nitrogen and oxygen atoms in total. The molecular formula is C18H27NO. The molecule has 1 rings (SSSR count). The fourth-order valence-electron chi connectivity index (χ4n) is 2.24. The fraction of sp³-hybridized carbons (Fsp3) is 0.556. The van der Waals surface area contributed by atoms with Crippen LogP contribution >= 0.6 is 0 Å². The van der Waals surface area contributed by atoms with Crippen molar-refractivity contribution in [1.82, 2.24) is 4.90 Å². The number of hydrogen-bond acceptors (Lipinski definition) is 2. The van der Waals surface area contributed by atoms with Crippen molar-refractivity contribution in [2.45, 2.75) is 40.3 Å². The first-order chi connectivity index (χ1) is 9.69. The highest BCUT2D eigenvalue weighted by Gasteiger charge is 2.16. The molecule has 0 radical (unpaired) electrons. The van der Waals surface area contributed by atoms with Gasteiger partial charge < -0.3 is 4.74 Å². The van der Waals surface area contributed by atoms with Crippen LogP contribution in [0.25, 0.3) is 0 Å². The van der Waals surface area contributed by atoms with Crippen LogP contribution in [0.1, 0.15) is 33.3 Å². The van der Waals surface area contributed by atoms with Crippen molar-refractivity contribution < 1.29 is 4.74 Å². The lowest BCUT2D eigenvalue weighted by atomic mass is 10.0. The minimum absolute atomic E-state index is 0.324. The van der Waals surface area contributed by atoms with Gasteiger partial charge in [0.15, 0.2) is 0 Å². The summed E-state index contributed by atoms with van der Waals surface area (Å²) in [5, 5.41) is 0. The second-order valence-electron chi connectivity index (χ2n) is 5.21. The molecule has 0 aromatic heterocycles. The van der Waals surface area contributed by atoms with Crippen LogP contribution in [0.3, 0.4) is 0 Å². The molecule has 2 heteroatoms. The van der Waals surface area contributed by atoms with Crippen LogP contribution in [-0.2, 0) is 11.3 Å². The quantitative estimate of drug-likeness (QED) is 0.556. The van der Waals surface area contributed by atoms with Crippen LogP contribution < -0.4 is 0 Å². The highest BCUT2D eigenvalue weighted by atomic mass is 16.5. The minimum atomic E-state index is 0.324. The van der Waals surface area contributed by atoms with E-state index >= 15 is 0 Å². The summed E-state index contributed by atoms with van der Waals surface area (Å²) < 4.78 is 5.60. The Kier molecular flexibility index (Phi) is 8.02. The molecule has 0 bridgehead atoms. The second kappa shape index (κ2) is 9.58. The van der Waals surface area contributed by atoms with Crippen molar-refractivity contribution in [3.8, 4) is 11.8 Å². The van der Waals surface area contributed by atoms with Crippen LogP contribution in [0.5, 0.6) is 0 Å². The molecule has 0 aliphatic rings. The maximum atomic E-state index is 5.60. The summed E-state index contributed by atoms with van der Waals surface area (Å²) in [5.41, 5.74) is 1.19. The first kappa shape index (κ1) is 16.8. The van der Waals surface area contributed by atoms with Gasteiger partial charge in [-0.15, -0.1) is 0 Å². The normalized spacial score (nSPS) is 12.3. The Morgan fingerprint density at radius 2 is 1.75 bits per heavy atom. The highest BCUT2D eigenvalue weighted by Crippen LogP contribution is 2.09. The Morgan fingerprint density at radius 3 is 2.30 bits per heavy atom. The van der Waals surface area contributed by atoms with Crippen LogP contribution in [0, 0.1) is 17.8 Å². The van der Waals surface area contributed by atoms with Crippen LogP contribution in [-0.4, -0.2) is 30.6 Å². The zero-order valence-corrected chi connectivity index (χ0v) is 13.2. The predicted molar refractivity (Wildman–Crippen MR) is 85.4 cm³/mol. The summed E-state index contributed by atoms with van der Waals surface area (Å²) in [6, 6.07) is 10.5. The molecule has 0 aliphatic heterocycles. The zero-order chi connectivity index (χ0) is 14.8. The summed E-state index contributed by atoms with van der Waals surface area (Å²) in [5.74, 6) is 7.07. The number of nitrogens with zero attached hydrogens (tertiary/aromatic N) is 1. The molecule has 0 heterocycles. The molecule has 20 heavy (non-hydrogen) atoms. The van der Waals surface area contributed by atoms with Crippen molar-refractivity contribution in [3.05, 3.63) is 35.9 Å². The van der Waals surface area contributed by atoms with Crippen LogP contribution in [0.15, 0.2) is 30.3 Å². The smallest absolute Gasteiger partial charge is 0.108 e. The molecule has 1 atom stereocenters.